The molecule has 0 radical (unpaired) electrons. The van der Waals surface area contributed by atoms with Crippen LogP contribution in [0, 0.1) is 0 Å². The molecule has 2 aromatic rings. The zero-order valence-electron chi connectivity index (χ0n) is 14.7. The first-order valence-electron chi connectivity index (χ1n) is 8.84. The van der Waals surface area contributed by atoms with E-state index in [4.69, 9.17) is 4.74 Å². The highest BCUT2D eigenvalue weighted by Gasteiger charge is 2.41. The van der Waals surface area contributed by atoms with E-state index in [0.717, 1.165) is 32.4 Å². The van der Waals surface area contributed by atoms with Gasteiger partial charge >= 0.3 is 0 Å². The number of rotatable bonds is 5. The van der Waals surface area contributed by atoms with Crippen LogP contribution in [0.4, 0.5) is 0 Å². The quantitative estimate of drug-likeness (QED) is 0.708. The van der Waals surface area contributed by atoms with Crippen molar-refractivity contribution in [3.8, 4) is 0 Å². The second-order valence-corrected chi connectivity index (χ2v) is 7.38. The molecule has 0 aromatic heterocycles. The minimum atomic E-state index is -0.0722. The van der Waals surface area contributed by atoms with Gasteiger partial charge in [-0.25, -0.2) is 0 Å². The molecular formula is C22H27NO. The van der Waals surface area contributed by atoms with Crippen LogP contribution in [0.15, 0.2) is 65.7 Å². The molecule has 0 spiro atoms. The van der Waals surface area contributed by atoms with E-state index in [1.54, 1.807) is 0 Å². The summed E-state index contributed by atoms with van der Waals surface area (Å²) < 4.78 is 5.98. The largest absolute Gasteiger partial charge is 0.376 e. The first-order valence-corrected chi connectivity index (χ1v) is 8.84. The van der Waals surface area contributed by atoms with Gasteiger partial charge in [-0.2, -0.15) is 0 Å². The van der Waals surface area contributed by atoms with Crippen LogP contribution in [0.25, 0.3) is 0 Å². The average Bonchev–Trinajstić information content (AvgIpc) is 2.60. The molecule has 0 bridgehead atoms. The fraction of sp³-hybridized carbons (Fsp3) is 0.409. The highest BCUT2D eigenvalue weighted by molar-refractivity contribution is 5.79. The van der Waals surface area contributed by atoms with Crippen LogP contribution in [0.5, 0.6) is 0 Å². The van der Waals surface area contributed by atoms with Crippen LogP contribution < -0.4 is 0 Å². The Balaban J connectivity index is 1.75. The van der Waals surface area contributed by atoms with Gasteiger partial charge in [-0.1, -0.05) is 60.7 Å². The smallest absolute Gasteiger partial charge is 0.0635 e. The van der Waals surface area contributed by atoms with Crippen molar-refractivity contribution in [2.45, 2.75) is 44.1 Å². The summed E-state index contributed by atoms with van der Waals surface area (Å²) >= 11 is 0. The van der Waals surface area contributed by atoms with Gasteiger partial charge in [-0.05, 0) is 44.2 Å². The van der Waals surface area contributed by atoms with Crippen LogP contribution in [0.2, 0.25) is 0 Å². The minimum Gasteiger partial charge on any atom is -0.376 e. The maximum atomic E-state index is 5.98. The molecule has 24 heavy (non-hydrogen) atoms. The molecule has 1 saturated heterocycles. The fourth-order valence-corrected chi connectivity index (χ4v) is 3.86. The summed E-state index contributed by atoms with van der Waals surface area (Å²) in [6.07, 6.45) is 5.17. The number of hydrogen-bond donors (Lipinski definition) is 0. The highest BCUT2D eigenvalue weighted by Crippen LogP contribution is 2.43. The van der Waals surface area contributed by atoms with E-state index in [-0.39, 0.29) is 11.0 Å². The van der Waals surface area contributed by atoms with Crippen LogP contribution in [-0.4, -0.2) is 25.0 Å². The summed E-state index contributed by atoms with van der Waals surface area (Å²) in [5.74, 6) is 0. The molecule has 1 atom stereocenters. The van der Waals surface area contributed by atoms with E-state index < -0.39 is 0 Å². The maximum Gasteiger partial charge on any atom is 0.0635 e. The van der Waals surface area contributed by atoms with Crippen molar-refractivity contribution in [1.29, 1.82) is 0 Å². The van der Waals surface area contributed by atoms with Crippen molar-refractivity contribution >= 4 is 6.21 Å². The third kappa shape index (κ3) is 4.12. The van der Waals surface area contributed by atoms with Gasteiger partial charge in [-0.3, -0.25) is 4.99 Å². The molecule has 2 heteroatoms. The first-order chi connectivity index (χ1) is 11.6. The molecule has 126 valence electrons. The Hall–Kier alpha value is -1.93. The van der Waals surface area contributed by atoms with E-state index in [0.29, 0.717) is 0 Å². The van der Waals surface area contributed by atoms with Crippen molar-refractivity contribution in [2.75, 3.05) is 13.2 Å². The van der Waals surface area contributed by atoms with Crippen LogP contribution in [0.3, 0.4) is 0 Å². The molecule has 2 nitrogen and oxygen atoms in total. The predicted octanol–water partition coefficient (Wildman–Crippen LogP) is 5.02. The maximum absolute atomic E-state index is 5.98. The van der Waals surface area contributed by atoms with Crippen LogP contribution >= 0.6 is 0 Å². The summed E-state index contributed by atoms with van der Waals surface area (Å²) in [4.78, 5) is 4.69. The molecule has 3 rings (SSSR count). The molecule has 1 aliphatic rings. The number of nitrogens with zero attached hydrogens (tertiary/aromatic N) is 1. The van der Waals surface area contributed by atoms with Crippen LogP contribution in [0.1, 0.15) is 44.2 Å². The Labute approximate surface area is 145 Å². The summed E-state index contributed by atoms with van der Waals surface area (Å²) in [6.45, 7) is 6.08. The standard InChI is InChI=1S/C22H27NO/c1-21(2)18-22(14-16-24-21,20-11-7-4-8-12-20)13-15-23-17-19-9-5-3-6-10-19/h3-12,17H,13-16,18H2,1-2H3/t22-/m1/s1. The van der Waals surface area contributed by atoms with E-state index in [2.05, 4.69) is 61.3 Å². The van der Waals surface area contributed by atoms with Gasteiger partial charge in [0.1, 0.15) is 0 Å². The topological polar surface area (TPSA) is 21.6 Å². The summed E-state index contributed by atoms with van der Waals surface area (Å²) in [5.41, 5.74) is 2.68. The molecular weight excluding hydrogens is 294 g/mol. The third-order valence-electron chi connectivity index (χ3n) is 4.98. The lowest BCUT2D eigenvalue weighted by atomic mass is 9.67. The van der Waals surface area contributed by atoms with Crippen LogP contribution in [-0.2, 0) is 10.2 Å². The van der Waals surface area contributed by atoms with Gasteiger partial charge in [0.05, 0.1) is 5.60 Å². The molecule has 0 aliphatic carbocycles. The molecule has 0 saturated carbocycles. The average molecular weight is 321 g/mol. The van der Waals surface area contributed by atoms with Gasteiger partial charge in [0.2, 0.25) is 0 Å². The Morgan fingerprint density at radius 3 is 2.33 bits per heavy atom. The zero-order valence-corrected chi connectivity index (χ0v) is 14.7. The molecule has 1 aliphatic heterocycles. The summed E-state index contributed by atoms with van der Waals surface area (Å²) in [6, 6.07) is 21.2. The van der Waals surface area contributed by atoms with Gasteiger partial charge in [0.25, 0.3) is 0 Å². The molecule has 0 N–H and O–H groups in total. The Morgan fingerprint density at radius 2 is 1.67 bits per heavy atom. The summed E-state index contributed by atoms with van der Waals surface area (Å²) in [5, 5.41) is 0. The van der Waals surface area contributed by atoms with Gasteiger partial charge < -0.3 is 4.74 Å². The van der Waals surface area contributed by atoms with Crippen molar-refractivity contribution < 1.29 is 4.74 Å². The minimum absolute atomic E-state index is 0.0722. The Morgan fingerprint density at radius 1 is 1.00 bits per heavy atom. The molecule has 1 fully saturated rings. The normalized spacial score (nSPS) is 23.4. The van der Waals surface area contributed by atoms with E-state index >= 15 is 0 Å². The van der Waals surface area contributed by atoms with Crippen molar-refractivity contribution in [1.82, 2.24) is 0 Å². The Bertz CT molecular complexity index is 663. The van der Waals surface area contributed by atoms with Gasteiger partial charge in [0.15, 0.2) is 0 Å². The van der Waals surface area contributed by atoms with Crippen molar-refractivity contribution in [3.63, 3.8) is 0 Å². The summed E-state index contributed by atoms with van der Waals surface area (Å²) in [7, 11) is 0. The SMILES string of the molecule is CC1(C)C[C@](CCN=Cc2ccccc2)(c2ccccc2)CCO1. The highest BCUT2D eigenvalue weighted by atomic mass is 16.5. The lowest BCUT2D eigenvalue weighted by Crippen LogP contribution is -2.44. The fourth-order valence-electron chi connectivity index (χ4n) is 3.86. The van der Waals surface area contributed by atoms with Crippen molar-refractivity contribution in [3.05, 3.63) is 71.8 Å². The second kappa shape index (κ2) is 7.31. The lowest BCUT2D eigenvalue weighted by Gasteiger charge is -2.45. The predicted molar refractivity (Wildman–Crippen MR) is 101 cm³/mol. The number of aliphatic imine (C=N–C) groups is 1. The van der Waals surface area contributed by atoms with Gasteiger partial charge in [0, 0.05) is 24.8 Å². The zero-order chi connectivity index (χ0) is 16.9. The number of ether oxygens (including phenoxy) is 1. The van der Waals surface area contributed by atoms with E-state index in [1.165, 1.54) is 11.1 Å². The Kier molecular flexibility index (Phi) is 5.15. The van der Waals surface area contributed by atoms with Crippen molar-refractivity contribution in [2.24, 2.45) is 4.99 Å². The molecule has 0 amide bonds. The second-order valence-electron chi connectivity index (χ2n) is 7.38. The monoisotopic (exact) mass is 321 g/mol. The number of benzene rings is 2. The van der Waals surface area contributed by atoms with E-state index in [1.807, 2.05) is 24.4 Å². The molecule has 2 aromatic carbocycles. The molecule has 1 heterocycles. The molecule has 0 unspecified atom stereocenters. The number of hydrogen-bond acceptors (Lipinski definition) is 2. The third-order valence-corrected chi connectivity index (χ3v) is 4.98. The lowest BCUT2D eigenvalue weighted by molar-refractivity contribution is -0.0836. The van der Waals surface area contributed by atoms with E-state index in [9.17, 15) is 0 Å². The first kappa shape index (κ1) is 16.9. The van der Waals surface area contributed by atoms with Gasteiger partial charge in [-0.15, -0.1) is 0 Å².